The Hall–Kier alpha value is -3.16. The third-order valence-corrected chi connectivity index (χ3v) is 5.63. The summed E-state index contributed by atoms with van der Waals surface area (Å²) in [6.45, 7) is 3.00. The Kier molecular flexibility index (Phi) is 6.54. The number of aryl methyl sites for hydroxylation is 1. The van der Waals surface area contributed by atoms with Crippen LogP contribution in [0, 0.1) is 6.92 Å². The lowest BCUT2D eigenvalue weighted by molar-refractivity contribution is -0.137. The van der Waals surface area contributed by atoms with Crippen molar-refractivity contribution in [3.8, 4) is 22.5 Å². The second-order valence-electron chi connectivity index (χ2n) is 7.71. The summed E-state index contributed by atoms with van der Waals surface area (Å²) in [4.78, 5) is 9.24. The first kappa shape index (κ1) is 23.0. The lowest BCUT2D eigenvalue weighted by Gasteiger charge is -2.15. The van der Waals surface area contributed by atoms with Gasteiger partial charge in [0, 0.05) is 28.1 Å². The number of hydrogen-bond acceptors (Lipinski definition) is 4. The monoisotopic (exact) mass is 470 g/mol. The molecule has 0 aliphatic heterocycles. The number of benzene rings is 3. The number of fused-ring (bicyclic) bond motifs is 1. The van der Waals surface area contributed by atoms with Crippen molar-refractivity contribution in [1.82, 2.24) is 9.97 Å². The number of alkyl halides is 3. The summed E-state index contributed by atoms with van der Waals surface area (Å²) in [6.07, 6.45) is -3.81. The largest absolute Gasteiger partial charge is 0.416 e. The van der Waals surface area contributed by atoms with Crippen LogP contribution in [-0.4, -0.2) is 23.1 Å². The fourth-order valence-corrected chi connectivity index (χ4v) is 3.88. The van der Waals surface area contributed by atoms with E-state index in [4.69, 9.17) is 17.3 Å². The molecular weight excluding hydrogens is 449 g/mol. The Morgan fingerprint density at radius 1 is 0.970 bits per heavy atom. The average Bonchev–Trinajstić information content (AvgIpc) is 2.79. The second kappa shape index (κ2) is 9.37. The molecule has 1 aromatic heterocycles. The average molecular weight is 471 g/mol. The minimum Gasteiger partial charge on any atom is -0.369 e. The number of anilines is 1. The molecule has 0 fully saturated rings. The molecule has 0 saturated heterocycles. The maximum absolute atomic E-state index is 13.8. The van der Waals surface area contributed by atoms with Gasteiger partial charge in [-0.1, -0.05) is 41.9 Å². The van der Waals surface area contributed by atoms with Crippen LogP contribution in [0.15, 0.2) is 60.7 Å². The molecule has 0 saturated carbocycles. The Labute approximate surface area is 194 Å². The quantitative estimate of drug-likeness (QED) is 0.307. The maximum Gasteiger partial charge on any atom is 0.416 e. The Balaban J connectivity index is 1.94. The van der Waals surface area contributed by atoms with Gasteiger partial charge in [-0.3, -0.25) is 0 Å². The van der Waals surface area contributed by atoms with E-state index in [1.54, 1.807) is 30.3 Å². The zero-order valence-electron chi connectivity index (χ0n) is 17.9. The molecule has 0 bridgehead atoms. The highest BCUT2D eigenvalue weighted by molar-refractivity contribution is 6.33. The maximum atomic E-state index is 13.8. The van der Waals surface area contributed by atoms with Crippen molar-refractivity contribution in [2.24, 2.45) is 5.73 Å². The number of nitrogens with one attached hydrogen (secondary N) is 1. The normalized spacial score (nSPS) is 11.7. The van der Waals surface area contributed by atoms with Crippen LogP contribution in [0.2, 0.25) is 5.02 Å². The molecule has 8 heteroatoms. The number of hydrogen-bond donors (Lipinski definition) is 2. The topological polar surface area (TPSA) is 63.8 Å². The molecule has 4 rings (SSSR count). The summed E-state index contributed by atoms with van der Waals surface area (Å²) in [5, 5.41) is 4.41. The van der Waals surface area contributed by atoms with Gasteiger partial charge < -0.3 is 11.1 Å². The summed E-state index contributed by atoms with van der Waals surface area (Å²) in [7, 11) is 0. The highest BCUT2D eigenvalue weighted by Crippen LogP contribution is 2.38. The van der Waals surface area contributed by atoms with E-state index in [1.807, 2.05) is 25.1 Å². The van der Waals surface area contributed by atoms with E-state index in [1.165, 1.54) is 0 Å². The first-order valence-corrected chi connectivity index (χ1v) is 10.8. The molecule has 0 spiro atoms. The molecule has 33 heavy (non-hydrogen) atoms. The Morgan fingerprint density at radius 3 is 2.45 bits per heavy atom. The third kappa shape index (κ3) is 4.94. The van der Waals surface area contributed by atoms with Crippen LogP contribution in [0.1, 0.15) is 17.5 Å². The zero-order valence-corrected chi connectivity index (χ0v) is 18.6. The van der Waals surface area contributed by atoms with Crippen LogP contribution in [0.25, 0.3) is 33.4 Å². The van der Waals surface area contributed by atoms with Gasteiger partial charge in [0.05, 0.1) is 11.1 Å². The molecule has 0 aliphatic rings. The molecule has 1 heterocycles. The van der Waals surface area contributed by atoms with Gasteiger partial charge in [0.25, 0.3) is 0 Å². The van der Waals surface area contributed by atoms with Crippen LogP contribution in [0.3, 0.4) is 0 Å². The van der Waals surface area contributed by atoms with Crippen LogP contribution in [0.5, 0.6) is 0 Å². The van der Waals surface area contributed by atoms with Crippen molar-refractivity contribution in [3.63, 3.8) is 0 Å². The van der Waals surface area contributed by atoms with Gasteiger partial charge >= 0.3 is 6.18 Å². The Bertz CT molecular complexity index is 1300. The molecule has 4 nitrogen and oxygen atoms in total. The first-order valence-electron chi connectivity index (χ1n) is 10.5. The van der Waals surface area contributed by atoms with E-state index < -0.39 is 11.7 Å². The van der Waals surface area contributed by atoms with E-state index >= 15 is 0 Å². The van der Waals surface area contributed by atoms with Gasteiger partial charge in [0.1, 0.15) is 5.82 Å². The van der Waals surface area contributed by atoms with Gasteiger partial charge in [-0.15, -0.1) is 0 Å². The number of rotatable bonds is 6. The highest BCUT2D eigenvalue weighted by atomic mass is 35.5. The SMILES string of the molecule is Cc1cccc2c(NCCCN)nc(-c3cc(-c4ccccc4Cl)cc(C(F)(F)F)c3)nc12. The van der Waals surface area contributed by atoms with E-state index in [9.17, 15) is 13.2 Å². The van der Waals surface area contributed by atoms with Gasteiger partial charge in [0.2, 0.25) is 0 Å². The molecule has 4 aromatic rings. The third-order valence-electron chi connectivity index (χ3n) is 5.31. The summed E-state index contributed by atoms with van der Waals surface area (Å²) in [6, 6.07) is 16.3. The molecular formula is C25H22ClF3N4. The fraction of sp³-hybridized carbons (Fsp3) is 0.200. The summed E-state index contributed by atoms with van der Waals surface area (Å²) in [5.74, 6) is 0.760. The molecule has 3 N–H and O–H groups in total. The number of para-hydroxylation sites is 1. The van der Waals surface area contributed by atoms with Crippen LogP contribution in [-0.2, 0) is 6.18 Å². The molecule has 0 aliphatic carbocycles. The molecule has 3 aromatic carbocycles. The summed E-state index contributed by atoms with van der Waals surface area (Å²) in [5.41, 5.74) is 7.49. The van der Waals surface area contributed by atoms with Crippen LogP contribution >= 0.6 is 11.6 Å². The number of nitrogens with zero attached hydrogens (tertiary/aromatic N) is 2. The van der Waals surface area contributed by atoms with E-state index in [-0.39, 0.29) is 11.4 Å². The molecule has 0 radical (unpaired) electrons. The highest BCUT2D eigenvalue weighted by Gasteiger charge is 2.32. The standard InChI is InChI=1S/C25H22ClF3N4/c1-15-6-4-8-20-22(15)32-23(33-24(20)31-11-5-10-30)17-12-16(13-18(14-17)25(27,28)29)19-7-2-3-9-21(19)26/h2-4,6-9,12-14H,5,10-11,30H2,1H3,(H,31,32,33). The minimum absolute atomic E-state index is 0.200. The number of nitrogens with two attached hydrogens (primary N) is 1. The van der Waals surface area contributed by atoms with Crippen molar-refractivity contribution < 1.29 is 13.2 Å². The predicted octanol–water partition coefficient (Wildman–Crippen LogP) is 6.71. The van der Waals surface area contributed by atoms with Crippen molar-refractivity contribution >= 4 is 28.3 Å². The van der Waals surface area contributed by atoms with Crippen molar-refractivity contribution in [3.05, 3.63) is 76.8 Å². The molecule has 0 amide bonds. The van der Waals surface area contributed by atoms with Crippen LogP contribution in [0.4, 0.5) is 19.0 Å². The fourth-order valence-electron chi connectivity index (χ4n) is 3.64. The van der Waals surface area contributed by atoms with Crippen LogP contribution < -0.4 is 11.1 Å². The molecule has 170 valence electrons. The van der Waals surface area contributed by atoms with Crippen molar-refractivity contribution in [2.75, 3.05) is 18.4 Å². The lowest BCUT2D eigenvalue weighted by Crippen LogP contribution is -2.11. The molecule has 0 unspecified atom stereocenters. The van der Waals surface area contributed by atoms with Gasteiger partial charge in [-0.05, 0) is 61.3 Å². The minimum atomic E-state index is -4.54. The summed E-state index contributed by atoms with van der Waals surface area (Å²) < 4.78 is 41.4. The molecule has 0 atom stereocenters. The summed E-state index contributed by atoms with van der Waals surface area (Å²) >= 11 is 6.29. The predicted molar refractivity (Wildman–Crippen MR) is 127 cm³/mol. The Morgan fingerprint density at radius 2 is 1.73 bits per heavy atom. The lowest BCUT2D eigenvalue weighted by atomic mass is 9.98. The van der Waals surface area contributed by atoms with Crippen molar-refractivity contribution in [1.29, 1.82) is 0 Å². The first-order chi connectivity index (χ1) is 15.8. The number of halogens is 4. The second-order valence-corrected chi connectivity index (χ2v) is 8.12. The van der Waals surface area contributed by atoms with E-state index in [0.717, 1.165) is 29.5 Å². The van der Waals surface area contributed by atoms with Crippen molar-refractivity contribution in [2.45, 2.75) is 19.5 Å². The van der Waals surface area contributed by atoms with Gasteiger partial charge in [-0.2, -0.15) is 13.2 Å². The smallest absolute Gasteiger partial charge is 0.369 e. The van der Waals surface area contributed by atoms with Gasteiger partial charge in [0.15, 0.2) is 5.82 Å². The van der Waals surface area contributed by atoms with E-state index in [0.29, 0.717) is 40.6 Å². The zero-order chi connectivity index (χ0) is 23.6. The van der Waals surface area contributed by atoms with Gasteiger partial charge in [-0.25, -0.2) is 9.97 Å². The van der Waals surface area contributed by atoms with E-state index in [2.05, 4.69) is 15.3 Å². The number of aromatic nitrogens is 2.